The van der Waals surface area contributed by atoms with E-state index < -0.39 is 0 Å². The van der Waals surface area contributed by atoms with Gasteiger partial charge in [0.2, 0.25) is 0 Å². The first-order valence-electron chi connectivity index (χ1n) is 14.3. The second-order valence-corrected chi connectivity index (χ2v) is 10.0. The van der Waals surface area contributed by atoms with Crippen molar-refractivity contribution in [3.63, 3.8) is 0 Å². The lowest BCUT2D eigenvalue weighted by atomic mass is 10.1. The van der Waals surface area contributed by atoms with Crippen LogP contribution < -0.4 is 0 Å². The third-order valence-corrected chi connectivity index (χ3v) is 7.12. The van der Waals surface area contributed by atoms with E-state index in [4.69, 9.17) is 0 Å². The van der Waals surface area contributed by atoms with Gasteiger partial charge in [0.05, 0.1) is 0 Å². The van der Waals surface area contributed by atoms with Gasteiger partial charge >= 0.3 is 0 Å². The summed E-state index contributed by atoms with van der Waals surface area (Å²) in [5, 5.41) is 0. The maximum atomic E-state index is 2.72. The Morgan fingerprint density at radius 2 is 0.567 bits per heavy atom. The molecule has 0 amide bonds. The highest BCUT2D eigenvalue weighted by molar-refractivity contribution is 4.71. The highest BCUT2D eigenvalue weighted by Crippen LogP contribution is 2.13. The van der Waals surface area contributed by atoms with E-state index in [0.717, 1.165) is 0 Å². The summed E-state index contributed by atoms with van der Waals surface area (Å²) >= 11 is 0. The normalized spacial score (nSPS) is 15.8. The number of nitrogens with zero attached hydrogens (tertiary/aromatic N) is 2. The predicted octanol–water partition coefficient (Wildman–Crippen LogP) is 8.45. The molecule has 1 saturated heterocycles. The van der Waals surface area contributed by atoms with Crippen LogP contribution in [0.1, 0.15) is 142 Å². The fraction of sp³-hybridized carbons (Fsp3) is 1.00. The van der Waals surface area contributed by atoms with E-state index in [2.05, 4.69) is 23.6 Å². The molecule has 1 fully saturated rings. The standard InChI is InChI=1S/C28H58N2/c1-3-5-7-9-11-13-15-17-19-21-23-29-25-27-30(28-26-29)24-22-20-18-16-14-12-10-8-6-4-2/h3-28H2,1-2H3. The Balaban J connectivity index is 1.80. The maximum Gasteiger partial charge on any atom is 0.0110 e. The van der Waals surface area contributed by atoms with E-state index in [9.17, 15) is 0 Å². The summed E-state index contributed by atoms with van der Waals surface area (Å²) in [5.41, 5.74) is 0. The Morgan fingerprint density at radius 1 is 0.333 bits per heavy atom. The van der Waals surface area contributed by atoms with Crippen LogP contribution in [-0.4, -0.2) is 49.1 Å². The Bertz CT molecular complexity index is 291. The minimum atomic E-state index is 1.31. The second-order valence-electron chi connectivity index (χ2n) is 10.0. The molecular weight excluding hydrogens is 364 g/mol. The molecule has 1 rings (SSSR count). The zero-order valence-corrected chi connectivity index (χ0v) is 21.3. The molecule has 0 aromatic carbocycles. The summed E-state index contributed by atoms with van der Waals surface area (Å²) in [5.74, 6) is 0. The van der Waals surface area contributed by atoms with Crippen molar-refractivity contribution in [2.75, 3.05) is 39.3 Å². The van der Waals surface area contributed by atoms with Gasteiger partial charge in [0.25, 0.3) is 0 Å². The number of rotatable bonds is 22. The molecule has 0 aliphatic carbocycles. The van der Waals surface area contributed by atoms with Gasteiger partial charge < -0.3 is 9.80 Å². The molecule has 0 aromatic heterocycles. The summed E-state index contributed by atoms with van der Waals surface area (Å²) in [6.07, 6.45) is 29.0. The SMILES string of the molecule is CCCCCCCCCCCCN1CCN(CCCCCCCCCCCC)CC1. The molecule has 30 heavy (non-hydrogen) atoms. The smallest absolute Gasteiger partial charge is 0.0110 e. The van der Waals surface area contributed by atoms with Gasteiger partial charge in [-0.2, -0.15) is 0 Å². The monoisotopic (exact) mass is 422 g/mol. The lowest BCUT2D eigenvalue weighted by Gasteiger charge is -2.34. The van der Waals surface area contributed by atoms with Crippen molar-refractivity contribution in [2.24, 2.45) is 0 Å². The molecule has 0 aromatic rings. The van der Waals surface area contributed by atoms with Gasteiger partial charge in [0, 0.05) is 26.2 Å². The molecule has 1 heterocycles. The average molecular weight is 423 g/mol. The minimum absolute atomic E-state index is 1.31. The Kier molecular flexibility index (Phi) is 20.6. The highest BCUT2D eigenvalue weighted by atomic mass is 15.3. The topological polar surface area (TPSA) is 6.48 Å². The van der Waals surface area contributed by atoms with Crippen LogP contribution in [0, 0.1) is 0 Å². The lowest BCUT2D eigenvalue weighted by molar-refractivity contribution is 0.129. The van der Waals surface area contributed by atoms with Gasteiger partial charge in [0.1, 0.15) is 0 Å². The van der Waals surface area contributed by atoms with E-state index in [1.165, 1.54) is 168 Å². The average Bonchev–Trinajstić information content (AvgIpc) is 2.77. The molecule has 1 aliphatic heterocycles. The Hall–Kier alpha value is -0.0800. The lowest BCUT2D eigenvalue weighted by Crippen LogP contribution is -2.46. The van der Waals surface area contributed by atoms with Crippen LogP contribution in [0.4, 0.5) is 0 Å². The molecule has 0 bridgehead atoms. The van der Waals surface area contributed by atoms with Crippen LogP contribution in [0.2, 0.25) is 0 Å². The number of hydrogen-bond donors (Lipinski definition) is 0. The van der Waals surface area contributed by atoms with Crippen LogP contribution in [0.15, 0.2) is 0 Å². The van der Waals surface area contributed by atoms with E-state index in [0.29, 0.717) is 0 Å². The summed E-state index contributed by atoms with van der Waals surface area (Å²) in [6, 6.07) is 0. The number of unbranched alkanes of at least 4 members (excludes halogenated alkanes) is 18. The van der Waals surface area contributed by atoms with Gasteiger partial charge in [-0.15, -0.1) is 0 Å². The molecule has 1 aliphatic rings. The summed E-state index contributed by atoms with van der Waals surface area (Å²) in [4.78, 5) is 5.44. The largest absolute Gasteiger partial charge is 0.301 e. The van der Waals surface area contributed by atoms with Crippen LogP contribution in [0.5, 0.6) is 0 Å². The van der Waals surface area contributed by atoms with E-state index >= 15 is 0 Å². The van der Waals surface area contributed by atoms with Gasteiger partial charge in [-0.1, -0.05) is 129 Å². The molecule has 2 nitrogen and oxygen atoms in total. The molecule has 0 N–H and O–H groups in total. The minimum Gasteiger partial charge on any atom is -0.301 e. The van der Waals surface area contributed by atoms with Gasteiger partial charge in [-0.3, -0.25) is 0 Å². The Labute approximate surface area is 191 Å². The van der Waals surface area contributed by atoms with Gasteiger partial charge in [-0.25, -0.2) is 0 Å². The number of piperazine rings is 1. The fourth-order valence-electron chi connectivity index (χ4n) is 4.88. The molecule has 0 unspecified atom stereocenters. The summed E-state index contributed by atoms with van der Waals surface area (Å²) in [7, 11) is 0. The van der Waals surface area contributed by atoms with Crippen molar-refractivity contribution in [2.45, 2.75) is 142 Å². The first-order valence-corrected chi connectivity index (χ1v) is 14.3. The molecule has 0 spiro atoms. The fourth-order valence-corrected chi connectivity index (χ4v) is 4.88. The predicted molar refractivity (Wildman–Crippen MR) is 137 cm³/mol. The van der Waals surface area contributed by atoms with E-state index in [1.807, 2.05) is 0 Å². The van der Waals surface area contributed by atoms with Gasteiger partial charge in [0.15, 0.2) is 0 Å². The summed E-state index contributed by atoms with van der Waals surface area (Å²) < 4.78 is 0. The molecule has 0 saturated carbocycles. The molecule has 0 atom stereocenters. The van der Waals surface area contributed by atoms with E-state index in [1.54, 1.807) is 0 Å². The van der Waals surface area contributed by atoms with Crippen molar-refractivity contribution in [3.8, 4) is 0 Å². The van der Waals surface area contributed by atoms with Crippen molar-refractivity contribution >= 4 is 0 Å². The van der Waals surface area contributed by atoms with E-state index in [-0.39, 0.29) is 0 Å². The molecule has 0 radical (unpaired) electrons. The van der Waals surface area contributed by atoms with Crippen LogP contribution >= 0.6 is 0 Å². The first-order chi connectivity index (χ1) is 14.9. The first kappa shape index (κ1) is 28.0. The van der Waals surface area contributed by atoms with Crippen molar-refractivity contribution < 1.29 is 0 Å². The Morgan fingerprint density at radius 3 is 0.833 bits per heavy atom. The molecular formula is C28H58N2. The van der Waals surface area contributed by atoms with Crippen LogP contribution in [-0.2, 0) is 0 Å². The third kappa shape index (κ3) is 17.6. The zero-order valence-electron chi connectivity index (χ0n) is 21.3. The molecule has 180 valence electrons. The van der Waals surface area contributed by atoms with Crippen molar-refractivity contribution in [1.82, 2.24) is 9.80 Å². The maximum absolute atomic E-state index is 2.72. The molecule has 2 heteroatoms. The second kappa shape index (κ2) is 22.1. The quantitative estimate of drug-likeness (QED) is 0.161. The van der Waals surface area contributed by atoms with Gasteiger partial charge in [-0.05, 0) is 25.9 Å². The zero-order chi connectivity index (χ0) is 21.5. The van der Waals surface area contributed by atoms with Crippen molar-refractivity contribution in [3.05, 3.63) is 0 Å². The number of hydrogen-bond acceptors (Lipinski definition) is 2. The third-order valence-electron chi connectivity index (χ3n) is 7.12. The van der Waals surface area contributed by atoms with Crippen LogP contribution in [0.25, 0.3) is 0 Å². The van der Waals surface area contributed by atoms with Crippen molar-refractivity contribution in [1.29, 1.82) is 0 Å². The highest BCUT2D eigenvalue weighted by Gasteiger charge is 2.15. The summed E-state index contributed by atoms with van der Waals surface area (Å²) in [6.45, 7) is 12.6. The van der Waals surface area contributed by atoms with Crippen LogP contribution in [0.3, 0.4) is 0 Å².